The van der Waals surface area contributed by atoms with Crippen molar-refractivity contribution in [1.82, 2.24) is 24.6 Å². The Kier molecular flexibility index (Phi) is 5.24. The normalized spacial score (nSPS) is 12.1. The van der Waals surface area contributed by atoms with E-state index in [1.807, 2.05) is 30.3 Å². The summed E-state index contributed by atoms with van der Waals surface area (Å²) >= 11 is 0. The lowest BCUT2D eigenvalue weighted by Crippen LogP contribution is -2.24. The van der Waals surface area contributed by atoms with Gasteiger partial charge in [-0.1, -0.05) is 18.2 Å². The highest BCUT2D eigenvalue weighted by Gasteiger charge is 2.20. The van der Waals surface area contributed by atoms with Crippen molar-refractivity contribution in [2.45, 2.75) is 12.5 Å². The molecule has 0 radical (unpaired) electrons. The van der Waals surface area contributed by atoms with Crippen LogP contribution >= 0.6 is 0 Å². The number of carbonyl (C=O) groups is 1. The number of para-hydroxylation sites is 1. The monoisotopic (exact) mass is 404 g/mol. The molecule has 4 aromatic rings. The minimum Gasteiger partial charge on any atom is -0.343 e. The molecule has 1 atom stereocenters. The third-order valence-corrected chi connectivity index (χ3v) is 4.83. The first-order valence-corrected chi connectivity index (χ1v) is 9.46. The summed E-state index contributed by atoms with van der Waals surface area (Å²) in [5.41, 5.74) is 8.92. The molecule has 30 heavy (non-hydrogen) atoms. The Morgan fingerprint density at radius 1 is 1.17 bits per heavy atom. The van der Waals surface area contributed by atoms with Crippen LogP contribution in [0, 0.1) is 5.82 Å². The van der Waals surface area contributed by atoms with E-state index >= 15 is 0 Å². The van der Waals surface area contributed by atoms with Gasteiger partial charge in [-0.05, 0) is 30.3 Å². The molecule has 3 aromatic heterocycles. The first-order valence-electron chi connectivity index (χ1n) is 9.46. The van der Waals surface area contributed by atoms with Gasteiger partial charge in [0.1, 0.15) is 11.5 Å². The van der Waals surface area contributed by atoms with Crippen molar-refractivity contribution in [2.24, 2.45) is 5.73 Å². The van der Waals surface area contributed by atoms with Crippen molar-refractivity contribution in [3.8, 4) is 5.69 Å². The van der Waals surface area contributed by atoms with Gasteiger partial charge in [-0.15, -0.1) is 0 Å². The Labute approximate surface area is 173 Å². The molecule has 0 bridgehead atoms. The van der Waals surface area contributed by atoms with Crippen molar-refractivity contribution < 1.29 is 9.18 Å². The third kappa shape index (κ3) is 3.65. The van der Waals surface area contributed by atoms with E-state index in [2.05, 4.69) is 15.1 Å². The summed E-state index contributed by atoms with van der Waals surface area (Å²) in [5, 5.41) is 5.46. The second-order valence-electron chi connectivity index (χ2n) is 7.16. The zero-order valence-corrected chi connectivity index (χ0v) is 16.7. The quantitative estimate of drug-likeness (QED) is 0.552. The number of hydrogen-bond acceptors (Lipinski definition) is 5. The number of amides is 1. The average Bonchev–Trinajstić information content (AvgIpc) is 3.18. The summed E-state index contributed by atoms with van der Waals surface area (Å²) in [5.74, 6) is -0.811. The minimum absolute atomic E-state index is 0.0869. The molecule has 0 saturated heterocycles. The lowest BCUT2D eigenvalue weighted by Gasteiger charge is -2.17. The molecule has 7 nitrogen and oxygen atoms in total. The zero-order chi connectivity index (χ0) is 21.3. The molecular formula is C22H21FN6O. The van der Waals surface area contributed by atoms with Crippen LogP contribution in [0.4, 0.5) is 4.39 Å². The molecule has 0 aliphatic heterocycles. The molecule has 0 saturated carbocycles. The second-order valence-corrected chi connectivity index (χ2v) is 7.16. The summed E-state index contributed by atoms with van der Waals surface area (Å²) in [6.07, 6.45) is 3.50. The van der Waals surface area contributed by atoms with Crippen molar-refractivity contribution in [1.29, 1.82) is 0 Å². The highest BCUT2D eigenvalue weighted by molar-refractivity contribution is 5.91. The smallest absolute Gasteiger partial charge is 0.271 e. The van der Waals surface area contributed by atoms with E-state index in [0.717, 1.165) is 10.9 Å². The van der Waals surface area contributed by atoms with Crippen molar-refractivity contribution in [3.63, 3.8) is 0 Å². The summed E-state index contributed by atoms with van der Waals surface area (Å²) in [4.78, 5) is 22.2. The highest BCUT2D eigenvalue weighted by Crippen LogP contribution is 2.25. The zero-order valence-electron chi connectivity index (χ0n) is 16.7. The molecule has 0 aliphatic carbocycles. The van der Waals surface area contributed by atoms with Gasteiger partial charge < -0.3 is 10.6 Å². The summed E-state index contributed by atoms with van der Waals surface area (Å²) in [7, 11) is 3.24. The molecule has 2 N–H and O–H groups in total. The predicted octanol–water partition coefficient (Wildman–Crippen LogP) is 2.90. The molecule has 0 spiro atoms. The summed E-state index contributed by atoms with van der Waals surface area (Å²) in [6, 6.07) is 13.5. The number of nitrogens with two attached hydrogens (primary N) is 1. The van der Waals surface area contributed by atoms with E-state index in [1.165, 1.54) is 17.0 Å². The van der Waals surface area contributed by atoms with Gasteiger partial charge in [0.05, 0.1) is 34.8 Å². The number of carbonyl (C=O) groups excluding carboxylic acids is 1. The van der Waals surface area contributed by atoms with Crippen LogP contribution in [0.2, 0.25) is 0 Å². The predicted molar refractivity (Wildman–Crippen MR) is 112 cm³/mol. The topological polar surface area (TPSA) is 89.9 Å². The average molecular weight is 404 g/mol. The number of pyridine rings is 2. The van der Waals surface area contributed by atoms with Gasteiger partial charge in [-0.2, -0.15) is 5.10 Å². The van der Waals surface area contributed by atoms with Gasteiger partial charge >= 0.3 is 0 Å². The van der Waals surface area contributed by atoms with E-state index in [9.17, 15) is 9.18 Å². The lowest BCUT2D eigenvalue weighted by molar-refractivity contribution is 0.0821. The maximum absolute atomic E-state index is 14.4. The van der Waals surface area contributed by atoms with Crippen LogP contribution in [0.1, 0.15) is 27.9 Å². The van der Waals surface area contributed by atoms with Crippen LogP contribution in [0.15, 0.2) is 60.9 Å². The maximum atomic E-state index is 14.4. The molecule has 0 aliphatic rings. The summed E-state index contributed by atoms with van der Waals surface area (Å²) < 4.78 is 16.2. The van der Waals surface area contributed by atoms with Gasteiger partial charge in [0.15, 0.2) is 0 Å². The minimum atomic E-state index is -0.643. The van der Waals surface area contributed by atoms with Crippen molar-refractivity contribution >= 4 is 16.8 Å². The fourth-order valence-corrected chi connectivity index (χ4v) is 3.32. The number of fused-ring (bicyclic) bond motifs is 1. The Morgan fingerprint density at radius 2 is 1.97 bits per heavy atom. The Morgan fingerprint density at radius 3 is 2.77 bits per heavy atom. The van der Waals surface area contributed by atoms with E-state index in [0.29, 0.717) is 11.4 Å². The molecule has 0 fully saturated rings. The molecular weight excluding hydrogens is 383 g/mol. The Hall–Kier alpha value is -3.65. The Balaban J connectivity index is 1.70. The largest absolute Gasteiger partial charge is 0.343 e. The number of halogens is 1. The van der Waals surface area contributed by atoms with Gasteiger partial charge in [-0.25, -0.2) is 14.1 Å². The molecule has 8 heteroatoms. The molecule has 1 amide bonds. The Bertz CT molecular complexity index is 1220. The van der Waals surface area contributed by atoms with Crippen LogP contribution < -0.4 is 5.73 Å². The molecule has 3 heterocycles. The maximum Gasteiger partial charge on any atom is 0.271 e. The van der Waals surface area contributed by atoms with E-state index in [4.69, 9.17) is 5.73 Å². The first kappa shape index (κ1) is 19.7. The summed E-state index contributed by atoms with van der Waals surface area (Å²) in [6.45, 7) is 0. The highest BCUT2D eigenvalue weighted by atomic mass is 19.1. The van der Waals surface area contributed by atoms with Crippen LogP contribution in [-0.2, 0) is 6.42 Å². The second kappa shape index (κ2) is 8.00. The van der Waals surface area contributed by atoms with Gasteiger partial charge in [0, 0.05) is 32.1 Å². The van der Waals surface area contributed by atoms with Crippen LogP contribution in [0.5, 0.6) is 0 Å². The fraction of sp³-hybridized carbons (Fsp3) is 0.182. The van der Waals surface area contributed by atoms with Crippen molar-refractivity contribution in [2.75, 3.05) is 14.1 Å². The molecule has 0 unspecified atom stereocenters. The number of hydrogen-bond donors (Lipinski definition) is 1. The van der Waals surface area contributed by atoms with Crippen LogP contribution in [0.25, 0.3) is 16.6 Å². The number of nitrogens with zero attached hydrogens (tertiary/aromatic N) is 5. The number of benzene rings is 1. The van der Waals surface area contributed by atoms with Gasteiger partial charge in [0.2, 0.25) is 0 Å². The van der Waals surface area contributed by atoms with Crippen molar-refractivity contribution in [3.05, 3.63) is 83.8 Å². The van der Waals surface area contributed by atoms with E-state index in [-0.39, 0.29) is 23.7 Å². The van der Waals surface area contributed by atoms with Gasteiger partial charge in [0.25, 0.3) is 5.91 Å². The molecule has 1 aromatic carbocycles. The first-order chi connectivity index (χ1) is 14.5. The number of rotatable bonds is 5. The van der Waals surface area contributed by atoms with Crippen LogP contribution in [0.3, 0.4) is 0 Å². The SMILES string of the molecule is CN(C)C(=O)c1ccc(F)c(C[C@H](N)c2ncccc2-n2ncc3ccccc32)n1. The van der Waals surface area contributed by atoms with E-state index < -0.39 is 11.9 Å². The third-order valence-electron chi connectivity index (χ3n) is 4.83. The van der Waals surface area contributed by atoms with Gasteiger partial charge in [-0.3, -0.25) is 9.78 Å². The molecule has 4 rings (SSSR count). The standard InChI is InChI=1S/C22H21FN6O/c1-28(2)22(30)17-10-9-15(23)18(27-17)12-16(24)21-20(8-5-11-25-21)29-19-7-4-3-6-14(19)13-26-29/h3-11,13,16H,12,24H2,1-2H3/t16-/m0/s1. The fourth-order valence-electron chi connectivity index (χ4n) is 3.32. The lowest BCUT2D eigenvalue weighted by atomic mass is 10.1. The van der Waals surface area contributed by atoms with Crippen LogP contribution in [-0.4, -0.2) is 44.7 Å². The number of aromatic nitrogens is 4. The van der Waals surface area contributed by atoms with E-state index in [1.54, 1.807) is 37.2 Å². The molecule has 152 valence electrons.